The fraction of sp³-hybridized carbons (Fsp3) is 0.481. The molecule has 0 N–H and O–H groups in total. The first-order valence-corrected chi connectivity index (χ1v) is 22.9. The zero-order valence-electron chi connectivity index (χ0n) is 23.4. The van der Waals surface area contributed by atoms with E-state index in [1.807, 2.05) is 24.8 Å². The van der Waals surface area contributed by atoms with Crippen LogP contribution < -0.4 is 0 Å². The molecule has 0 aromatic carbocycles. The molecular formula is C27H39Br2IN4O2Si2. The summed E-state index contributed by atoms with van der Waals surface area (Å²) in [4.78, 5) is 8.94. The van der Waals surface area contributed by atoms with Crippen molar-refractivity contribution in [3.05, 3.63) is 55.0 Å². The maximum Gasteiger partial charge on any atom is 0.142 e. The first-order valence-electron chi connectivity index (χ1n) is 12.8. The average Bonchev–Trinajstić information content (AvgIpc) is 3.43. The summed E-state index contributed by atoms with van der Waals surface area (Å²) in [6.07, 6.45) is 7.80. The maximum atomic E-state index is 5.78. The topological polar surface area (TPSA) is 54.1 Å². The van der Waals surface area contributed by atoms with Gasteiger partial charge in [0.1, 0.15) is 24.8 Å². The van der Waals surface area contributed by atoms with Crippen molar-refractivity contribution < 1.29 is 9.47 Å². The van der Waals surface area contributed by atoms with Crippen molar-refractivity contribution >= 4 is 92.7 Å². The monoisotopic (exact) mass is 792 g/mol. The number of fused-ring (bicyclic) bond motifs is 2. The normalized spacial score (nSPS) is 12.3. The van der Waals surface area contributed by atoms with Crippen LogP contribution in [-0.2, 0) is 22.9 Å². The molecule has 0 saturated carbocycles. The van der Waals surface area contributed by atoms with Crippen molar-refractivity contribution in [2.75, 3.05) is 13.2 Å². The molecule has 4 rings (SSSR count). The van der Waals surface area contributed by atoms with Crippen LogP contribution in [-0.4, -0.2) is 48.5 Å². The molecule has 0 saturated heterocycles. The molecule has 0 radical (unpaired) electrons. The lowest BCUT2D eigenvalue weighted by atomic mass is 10.2. The lowest BCUT2D eigenvalue weighted by Gasteiger charge is -2.15. The standard InChI is InChI=1S/C14H21BrN2OSi.C13H18BrIN2OSi/c1-11-12-5-6-17(14(12)16-9-13(11)15)10-18-7-8-19(2,3)4;1-19(2,3)7-6-18-9-17-5-4-10-12(15)11(14)8-16-13(10)17/h5-6,9H,7-8,10H2,1-4H3;4-5,8H,6-7,9H2,1-3H3. The van der Waals surface area contributed by atoms with Gasteiger partial charge in [-0.1, -0.05) is 39.3 Å². The molecule has 0 atom stereocenters. The number of rotatable bonds is 10. The first-order chi connectivity index (χ1) is 17.8. The number of ether oxygens (including phenoxy) is 2. The number of halogens is 3. The Morgan fingerprint density at radius 2 is 1.21 bits per heavy atom. The van der Waals surface area contributed by atoms with Gasteiger partial charge in [-0.2, -0.15) is 0 Å². The van der Waals surface area contributed by atoms with Gasteiger partial charge in [-0.15, -0.1) is 0 Å². The van der Waals surface area contributed by atoms with Gasteiger partial charge in [0.25, 0.3) is 0 Å². The van der Waals surface area contributed by atoms with Crippen molar-refractivity contribution in [3.8, 4) is 0 Å². The van der Waals surface area contributed by atoms with Gasteiger partial charge >= 0.3 is 0 Å². The van der Waals surface area contributed by atoms with Crippen molar-refractivity contribution in [2.24, 2.45) is 0 Å². The summed E-state index contributed by atoms with van der Waals surface area (Å²) >= 11 is 9.35. The molecule has 4 aromatic heterocycles. The molecule has 4 aromatic rings. The fourth-order valence-electron chi connectivity index (χ4n) is 3.62. The Hall–Kier alpha value is -0.576. The summed E-state index contributed by atoms with van der Waals surface area (Å²) in [5.74, 6) is 0. The van der Waals surface area contributed by atoms with Gasteiger partial charge in [0, 0.05) is 77.4 Å². The van der Waals surface area contributed by atoms with Gasteiger partial charge in [0.15, 0.2) is 0 Å². The fourth-order valence-corrected chi connectivity index (χ4v) is 6.32. The van der Waals surface area contributed by atoms with Gasteiger partial charge in [-0.3, -0.25) is 0 Å². The Labute approximate surface area is 259 Å². The molecule has 0 aliphatic rings. The quantitative estimate of drug-likeness (QED) is 0.0914. The van der Waals surface area contributed by atoms with Gasteiger partial charge in [-0.05, 0) is 91.2 Å². The van der Waals surface area contributed by atoms with Gasteiger partial charge < -0.3 is 18.6 Å². The van der Waals surface area contributed by atoms with Crippen LogP contribution in [0.25, 0.3) is 22.1 Å². The second kappa shape index (κ2) is 13.9. The molecule has 4 heterocycles. The van der Waals surface area contributed by atoms with Gasteiger partial charge in [0.2, 0.25) is 0 Å². The molecule has 38 heavy (non-hydrogen) atoms. The second-order valence-electron chi connectivity index (χ2n) is 11.9. The zero-order chi connectivity index (χ0) is 28.1. The second-order valence-corrected chi connectivity index (χ2v) is 25.9. The maximum absolute atomic E-state index is 5.78. The van der Waals surface area contributed by atoms with Crippen LogP contribution in [0.3, 0.4) is 0 Å². The Bertz CT molecular complexity index is 1260. The Morgan fingerprint density at radius 3 is 1.71 bits per heavy atom. The third-order valence-electron chi connectivity index (χ3n) is 6.13. The summed E-state index contributed by atoms with van der Waals surface area (Å²) < 4.78 is 19.0. The highest BCUT2D eigenvalue weighted by molar-refractivity contribution is 14.1. The van der Waals surface area contributed by atoms with Crippen LogP contribution in [0.1, 0.15) is 5.56 Å². The molecule has 0 aliphatic heterocycles. The molecule has 0 amide bonds. The number of hydrogen-bond donors (Lipinski definition) is 0. The van der Waals surface area contributed by atoms with Crippen LogP contribution in [0, 0.1) is 10.5 Å². The minimum atomic E-state index is -1.01. The van der Waals surface area contributed by atoms with Crippen molar-refractivity contribution in [1.82, 2.24) is 19.1 Å². The van der Waals surface area contributed by atoms with E-state index in [0.29, 0.717) is 13.5 Å². The molecule has 208 valence electrons. The predicted octanol–water partition coefficient (Wildman–Crippen LogP) is 9.14. The smallest absolute Gasteiger partial charge is 0.142 e. The van der Waals surface area contributed by atoms with Gasteiger partial charge in [-0.25, -0.2) is 9.97 Å². The lowest BCUT2D eigenvalue weighted by Crippen LogP contribution is -2.22. The molecule has 11 heteroatoms. The Balaban J connectivity index is 0.000000211. The van der Waals surface area contributed by atoms with E-state index < -0.39 is 16.1 Å². The Kier molecular flexibility index (Phi) is 11.7. The van der Waals surface area contributed by atoms with E-state index in [2.05, 4.69) is 132 Å². The third-order valence-corrected chi connectivity index (χ3v) is 12.8. The van der Waals surface area contributed by atoms with Crippen LogP contribution >= 0.6 is 54.5 Å². The zero-order valence-corrected chi connectivity index (χ0v) is 30.8. The number of nitrogens with zero attached hydrogens (tertiary/aromatic N) is 4. The molecule has 0 bridgehead atoms. The van der Waals surface area contributed by atoms with E-state index in [-0.39, 0.29) is 0 Å². The van der Waals surface area contributed by atoms with Crippen LogP contribution in [0.15, 0.2) is 45.9 Å². The van der Waals surface area contributed by atoms with E-state index in [1.54, 1.807) is 0 Å². The highest BCUT2D eigenvalue weighted by Gasteiger charge is 2.14. The van der Waals surface area contributed by atoms with Crippen LogP contribution in [0.2, 0.25) is 51.4 Å². The highest BCUT2D eigenvalue weighted by atomic mass is 127. The van der Waals surface area contributed by atoms with Gasteiger partial charge in [0.05, 0.1) is 0 Å². The van der Waals surface area contributed by atoms with Crippen molar-refractivity contribution in [3.63, 3.8) is 0 Å². The van der Waals surface area contributed by atoms with E-state index >= 15 is 0 Å². The SMILES string of the molecule is C[Si](C)(C)CCOCn1ccc2c(I)c(Br)cnc21.Cc1c(Br)cnc2c1ccn2COCC[Si](C)(C)C. The molecule has 0 fully saturated rings. The molecular weight excluding hydrogens is 755 g/mol. The minimum Gasteiger partial charge on any atom is -0.361 e. The summed E-state index contributed by atoms with van der Waals surface area (Å²) in [5.41, 5.74) is 3.21. The molecule has 0 spiro atoms. The van der Waals surface area contributed by atoms with E-state index in [4.69, 9.17) is 9.47 Å². The summed E-state index contributed by atoms with van der Waals surface area (Å²) in [6, 6.07) is 6.59. The van der Waals surface area contributed by atoms with Crippen molar-refractivity contribution in [2.45, 2.75) is 71.8 Å². The largest absolute Gasteiger partial charge is 0.361 e. The van der Waals surface area contributed by atoms with Crippen LogP contribution in [0.5, 0.6) is 0 Å². The molecule has 0 aliphatic carbocycles. The summed E-state index contributed by atoms with van der Waals surface area (Å²) in [7, 11) is -2.01. The highest BCUT2D eigenvalue weighted by Crippen LogP contribution is 2.27. The molecule has 6 nitrogen and oxygen atoms in total. The average molecular weight is 795 g/mol. The number of pyridine rings is 2. The Morgan fingerprint density at radius 1 is 0.763 bits per heavy atom. The third kappa shape index (κ3) is 9.23. The van der Waals surface area contributed by atoms with E-state index in [0.717, 1.165) is 33.5 Å². The first kappa shape index (κ1) is 31.9. The number of aromatic nitrogens is 4. The van der Waals surface area contributed by atoms with E-state index in [9.17, 15) is 0 Å². The predicted molar refractivity (Wildman–Crippen MR) is 181 cm³/mol. The van der Waals surface area contributed by atoms with E-state index in [1.165, 1.54) is 32.0 Å². The minimum absolute atomic E-state index is 0.582. The summed E-state index contributed by atoms with van der Waals surface area (Å²) in [6.45, 7) is 19.1. The number of aryl methyl sites for hydroxylation is 1. The lowest BCUT2D eigenvalue weighted by molar-refractivity contribution is 0.0898. The number of hydrogen-bond acceptors (Lipinski definition) is 4. The van der Waals surface area contributed by atoms with Crippen molar-refractivity contribution in [1.29, 1.82) is 0 Å². The van der Waals surface area contributed by atoms with Crippen LogP contribution in [0.4, 0.5) is 0 Å². The molecule has 0 unspecified atom stereocenters. The summed E-state index contributed by atoms with van der Waals surface area (Å²) in [5, 5.41) is 2.35.